The van der Waals surface area contributed by atoms with E-state index in [1.54, 1.807) is 42.5 Å². The summed E-state index contributed by atoms with van der Waals surface area (Å²) in [6.07, 6.45) is 0.752. The lowest BCUT2D eigenvalue weighted by Gasteiger charge is -2.06. The van der Waals surface area contributed by atoms with Gasteiger partial charge in [-0.1, -0.05) is 0 Å². The molecule has 0 unspecified atom stereocenters. The largest absolute Gasteiger partial charge is 0.485 e. The number of carbonyl (C=O) groups excluding carboxylic acids is 2. The van der Waals surface area contributed by atoms with Gasteiger partial charge in [-0.05, 0) is 42.5 Å². The summed E-state index contributed by atoms with van der Waals surface area (Å²) in [5, 5.41) is 0. The molecule has 5 heteroatoms. The quantitative estimate of drug-likeness (QED) is 0.623. The van der Waals surface area contributed by atoms with Gasteiger partial charge in [-0.25, -0.2) is 0 Å². The van der Waals surface area contributed by atoms with E-state index >= 15 is 0 Å². The molecule has 0 saturated carbocycles. The number of hydrogen-bond donors (Lipinski definition) is 0. The second-order valence-corrected chi connectivity index (χ2v) is 4.47. The molecule has 0 aromatic heterocycles. The van der Waals surface area contributed by atoms with Crippen LogP contribution in [0.2, 0.25) is 0 Å². The molecule has 1 aliphatic rings. The number of aldehydes is 1. The van der Waals surface area contributed by atoms with Crippen LogP contribution in [-0.4, -0.2) is 25.5 Å². The minimum Gasteiger partial charge on any atom is -0.485 e. The summed E-state index contributed by atoms with van der Waals surface area (Å²) in [6.45, 7) is 0.0899. The van der Waals surface area contributed by atoms with Crippen molar-refractivity contribution in [3.63, 3.8) is 0 Å². The van der Waals surface area contributed by atoms with Gasteiger partial charge in [0, 0.05) is 11.1 Å². The second kappa shape index (κ2) is 5.66. The molecule has 106 valence electrons. The average molecular weight is 284 g/mol. The van der Waals surface area contributed by atoms with Crippen molar-refractivity contribution in [3.8, 4) is 17.2 Å². The van der Waals surface area contributed by atoms with Crippen LogP contribution in [0.4, 0.5) is 0 Å². The van der Waals surface area contributed by atoms with Crippen LogP contribution in [-0.2, 0) is 0 Å². The lowest BCUT2D eigenvalue weighted by Crippen LogP contribution is -2.11. The number of hydrogen-bond acceptors (Lipinski definition) is 5. The highest BCUT2D eigenvalue weighted by molar-refractivity contribution is 5.97. The van der Waals surface area contributed by atoms with Crippen LogP contribution in [0.15, 0.2) is 42.5 Å². The van der Waals surface area contributed by atoms with Crippen molar-refractivity contribution in [2.24, 2.45) is 0 Å². The van der Waals surface area contributed by atoms with E-state index in [1.165, 1.54) is 0 Å². The van der Waals surface area contributed by atoms with E-state index in [4.69, 9.17) is 14.2 Å². The smallest absolute Gasteiger partial charge is 0.231 e. The number of ketones is 1. The van der Waals surface area contributed by atoms with Crippen LogP contribution in [0, 0.1) is 0 Å². The number of benzene rings is 2. The van der Waals surface area contributed by atoms with Crippen molar-refractivity contribution in [1.82, 2.24) is 0 Å². The zero-order valence-electron chi connectivity index (χ0n) is 11.1. The van der Waals surface area contributed by atoms with Gasteiger partial charge in [0.1, 0.15) is 12.0 Å². The van der Waals surface area contributed by atoms with Crippen LogP contribution in [0.1, 0.15) is 20.7 Å². The van der Waals surface area contributed by atoms with Crippen molar-refractivity contribution in [3.05, 3.63) is 53.6 Å². The molecule has 0 atom stereocenters. The topological polar surface area (TPSA) is 61.8 Å². The van der Waals surface area contributed by atoms with Crippen LogP contribution in [0.3, 0.4) is 0 Å². The maximum Gasteiger partial charge on any atom is 0.231 e. The molecule has 1 heterocycles. The molecule has 0 N–H and O–H groups in total. The third-order valence-electron chi connectivity index (χ3n) is 3.08. The first-order chi connectivity index (χ1) is 10.3. The summed E-state index contributed by atoms with van der Waals surface area (Å²) >= 11 is 0. The van der Waals surface area contributed by atoms with E-state index in [1.807, 2.05) is 0 Å². The second-order valence-electron chi connectivity index (χ2n) is 4.47. The summed E-state index contributed by atoms with van der Waals surface area (Å²) in [4.78, 5) is 22.6. The molecule has 0 fully saturated rings. The van der Waals surface area contributed by atoms with E-state index in [0.717, 1.165) is 6.29 Å². The van der Waals surface area contributed by atoms with Gasteiger partial charge in [-0.15, -0.1) is 0 Å². The molecule has 0 radical (unpaired) electrons. The molecule has 21 heavy (non-hydrogen) atoms. The third-order valence-corrected chi connectivity index (χ3v) is 3.08. The monoisotopic (exact) mass is 284 g/mol. The predicted molar refractivity (Wildman–Crippen MR) is 74.2 cm³/mol. The average Bonchev–Trinajstić information content (AvgIpc) is 3.00. The van der Waals surface area contributed by atoms with E-state index < -0.39 is 0 Å². The predicted octanol–water partition coefficient (Wildman–Crippen LogP) is 2.49. The standard InChI is InChI=1S/C16H12O5/c17-8-11-1-4-13(5-2-11)19-9-14(18)12-3-6-15-16(7-12)21-10-20-15/h1-8H,9-10H2. The first-order valence-corrected chi connectivity index (χ1v) is 6.37. The van der Waals surface area contributed by atoms with Gasteiger partial charge in [-0.2, -0.15) is 0 Å². The lowest BCUT2D eigenvalue weighted by molar-refractivity contribution is 0.0920. The van der Waals surface area contributed by atoms with Crippen molar-refractivity contribution < 1.29 is 23.8 Å². The zero-order valence-corrected chi connectivity index (χ0v) is 11.1. The molecule has 0 bridgehead atoms. The minimum absolute atomic E-state index is 0.0833. The first kappa shape index (κ1) is 13.2. The fourth-order valence-electron chi connectivity index (χ4n) is 1.94. The van der Waals surface area contributed by atoms with Gasteiger partial charge in [0.15, 0.2) is 23.9 Å². The summed E-state index contributed by atoms with van der Waals surface area (Å²) in [5.74, 6) is 1.58. The Balaban J connectivity index is 1.64. The molecular formula is C16H12O5. The van der Waals surface area contributed by atoms with Gasteiger partial charge in [-0.3, -0.25) is 9.59 Å². The Morgan fingerprint density at radius 1 is 1.10 bits per heavy atom. The van der Waals surface area contributed by atoms with Gasteiger partial charge in [0.25, 0.3) is 0 Å². The van der Waals surface area contributed by atoms with E-state index in [0.29, 0.717) is 28.4 Å². The van der Waals surface area contributed by atoms with Gasteiger partial charge < -0.3 is 14.2 Å². The van der Waals surface area contributed by atoms with Crippen molar-refractivity contribution in [2.75, 3.05) is 13.4 Å². The number of rotatable bonds is 5. The highest BCUT2D eigenvalue weighted by Crippen LogP contribution is 2.32. The summed E-state index contributed by atoms with van der Waals surface area (Å²) in [6, 6.07) is 11.6. The maximum atomic E-state index is 12.1. The number of Topliss-reactive ketones (excluding diaryl/α,β-unsaturated/α-hetero) is 1. The Labute approximate surface area is 121 Å². The Kier molecular flexibility index (Phi) is 3.55. The van der Waals surface area contributed by atoms with Gasteiger partial charge in [0.05, 0.1) is 0 Å². The van der Waals surface area contributed by atoms with Crippen molar-refractivity contribution in [1.29, 1.82) is 0 Å². The summed E-state index contributed by atoms with van der Waals surface area (Å²) in [5.41, 5.74) is 1.06. The first-order valence-electron chi connectivity index (χ1n) is 6.37. The number of fused-ring (bicyclic) bond motifs is 1. The highest BCUT2D eigenvalue weighted by Gasteiger charge is 2.16. The Bertz CT molecular complexity index is 676. The molecule has 0 saturated heterocycles. The highest BCUT2D eigenvalue weighted by atomic mass is 16.7. The molecule has 5 nitrogen and oxygen atoms in total. The van der Waals surface area contributed by atoms with E-state index in [-0.39, 0.29) is 19.2 Å². The summed E-state index contributed by atoms with van der Waals surface area (Å²) in [7, 11) is 0. The van der Waals surface area contributed by atoms with E-state index in [9.17, 15) is 9.59 Å². The minimum atomic E-state index is -0.159. The van der Waals surface area contributed by atoms with Crippen LogP contribution >= 0.6 is 0 Å². The Hall–Kier alpha value is -2.82. The molecule has 3 rings (SSSR count). The zero-order chi connectivity index (χ0) is 14.7. The molecular weight excluding hydrogens is 272 g/mol. The maximum absolute atomic E-state index is 12.1. The fraction of sp³-hybridized carbons (Fsp3) is 0.125. The fourth-order valence-corrected chi connectivity index (χ4v) is 1.94. The van der Waals surface area contributed by atoms with Gasteiger partial charge >= 0.3 is 0 Å². The van der Waals surface area contributed by atoms with Crippen molar-refractivity contribution in [2.45, 2.75) is 0 Å². The van der Waals surface area contributed by atoms with E-state index in [2.05, 4.69) is 0 Å². The molecule has 2 aromatic rings. The molecule has 0 spiro atoms. The van der Waals surface area contributed by atoms with Gasteiger partial charge in [0.2, 0.25) is 6.79 Å². The Morgan fingerprint density at radius 2 is 1.86 bits per heavy atom. The third kappa shape index (κ3) is 2.86. The lowest BCUT2D eigenvalue weighted by atomic mass is 10.1. The molecule has 0 aliphatic carbocycles. The SMILES string of the molecule is O=Cc1ccc(OCC(=O)c2ccc3c(c2)OCO3)cc1. The number of carbonyl (C=O) groups is 2. The number of ether oxygens (including phenoxy) is 3. The molecule has 0 amide bonds. The van der Waals surface area contributed by atoms with Crippen molar-refractivity contribution >= 4 is 12.1 Å². The van der Waals surface area contributed by atoms with Crippen LogP contribution in [0.5, 0.6) is 17.2 Å². The van der Waals surface area contributed by atoms with Crippen LogP contribution in [0.25, 0.3) is 0 Å². The van der Waals surface area contributed by atoms with Crippen LogP contribution < -0.4 is 14.2 Å². The Morgan fingerprint density at radius 3 is 2.62 bits per heavy atom. The normalized spacial score (nSPS) is 12.0. The summed E-state index contributed by atoms with van der Waals surface area (Å²) < 4.78 is 15.8. The molecule has 2 aromatic carbocycles. The molecule has 1 aliphatic heterocycles.